The molecule has 0 saturated carbocycles. The lowest BCUT2D eigenvalue weighted by Gasteiger charge is -2.10. The molecule has 1 aromatic heterocycles. The van der Waals surface area contributed by atoms with Gasteiger partial charge in [-0.1, -0.05) is 59.8 Å². The number of nitrogens with zero attached hydrogens (tertiary/aromatic N) is 1. The maximum atomic E-state index is 13.0. The molecule has 31 heavy (non-hydrogen) atoms. The summed E-state index contributed by atoms with van der Waals surface area (Å²) >= 11 is 0. The average molecular weight is 412 g/mol. The molecule has 4 rings (SSSR count). The van der Waals surface area contributed by atoms with E-state index in [0.717, 1.165) is 5.56 Å². The molecule has 154 valence electrons. The minimum atomic E-state index is -0.379. The highest BCUT2D eigenvalue weighted by molar-refractivity contribution is 6.09. The van der Waals surface area contributed by atoms with Crippen molar-refractivity contribution in [2.75, 3.05) is 16.0 Å². The van der Waals surface area contributed by atoms with Gasteiger partial charge in [0.05, 0.1) is 0 Å². The Bertz CT molecular complexity index is 1200. The largest absolute Gasteiger partial charge is 0.360 e. The fourth-order valence-corrected chi connectivity index (χ4v) is 3.12. The summed E-state index contributed by atoms with van der Waals surface area (Å²) < 4.78 is 5.27. The summed E-state index contributed by atoms with van der Waals surface area (Å²) in [6, 6.07) is 25.0. The number of hydrogen-bond donors (Lipinski definition) is 3. The first-order valence-electron chi connectivity index (χ1n) is 9.66. The highest BCUT2D eigenvalue weighted by Crippen LogP contribution is 2.26. The number of nitrogens with one attached hydrogen (secondary N) is 3. The zero-order valence-corrected chi connectivity index (χ0v) is 16.8. The topological polar surface area (TPSA) is 96.3 Å². The number of para-hydroxylation sites is 1. The van der Waals surface area contributed by atoms with Crippen molar-refractivity contribution in [3.63, 3.8) is 0 Å². The Kier molecular flexibility index (Phi) is 5.75. The number of carbonyl (C=O) groups excluding carboxylic acids is 2. The van der Waals surface area contributed by atoms with Crippen molar-refractivity contribution in [2.45, 2.75) is 6.92 Å². The van der Waals surface area contributed by atoms with Crippen LogP contribution < -0.4 is 16.0 Å². The third-order valence-electron chi connectivity index (χ3n) is 4.55. The molecule has 4 aromatic rings. The van der Waals surface area contributed by atoms with Gasteiger partial charge >= 0.3 is 6.03 Å². The molecule has 0 spiro atoms. The van der Waals surface area contributed by atoms with E-state index < -0.39 is 0 Å². The molecule has 0 aliphatic rings. The Morgan fingerprint density at radius 2 is 1.32 bits per heavy atom. The summed E-state index contributed by atoms with van der Waals surface area (Å²) in [5.41, 5.74) is 3.38. The maximum absolute atomic E-state index is 13.0. The van der Waals surface area contributed by atoms with Gasteiger partial charge in [0, 0.05) is 22.6 Å². The fourth-order valence-electron chi connectivity index (χ4n) is 3.12. The first kappa shape index (κ1) is 19.9. The van der Waals surface area contributed by atoms with E-state index in [1.54, 1.807) is 43.3 Å². The number of rotatable bonds is 5. The molecule has 0 unspecified atom stereocenters. The number of benzene rings is 3. The summed E-state index contributed by atoms with van der Waals surface area (Å²) in [4.78, 5) is 25.2. The van der Waals surface area contributed by atoms with Crippen LogP contribution in [0.15, 0.2) is 89.5 Å². The molecule has 3 amide bonds. The number of amides is 3. The molecule has 3 N–H and O–H groups in total. The van der Waals surface area contributed by atoms with E-state index in [0.29, 0.717) is 34.1 Å². The Balaban J connectivity index is 1.48. The van der Waals surface area contributed by atoms with Gasteiger partial charge in [-0.2, -0.15) is 0 Å². The smallest absolute Gasteiger partial charge is 0.323 e. The Morgan fingerprint density at radius 3 is 2.03 bits per heavy atom. The molecule has 1 heterocycles. The third-order valence-corrected chi connectivity index (χ3v) is 4.55. The van der Waals surface area contributed by atoms with E-state index in [-0.39, 0.29) is 11.9 Å². The van der Waals surface area contributed by atoms with Crippen LogP contribution in [0, 0.1) is 6.92 Å². The lowest BCUT2D eigenvalue weighted by atomic mass is 10.1. The van der Waals surface area contributed by atoms with Gasteiger partial charge in [-0.15, -0.1) is 0 Å². The normalized spacial score (nSPS) is 10.4. The van der Waals surface area contributed by atoms with Crippen LogP contribution in [0.2, 0.25) is 0 Å². The van der Waals surface area contributed by atoms with Crippen LogP contribution >= 0.6 is 0 Å². The number of urea groups is 1. The van der Waals surface area contributed by atoms with E-state index >= 15 is 0 Å². The standard InChI is InChI=1S/C24H20N4O3/c1-16-21(22(28-31-16)17-9-4-2-5-10-17)23(29)25-19-13-8-14-20(15-19)27-24(30)26-18-11-6-3-7-12-18/h2-15H,1H3,(H,25,29)(H2,26,27,30). The second-order valence-corrected chi connectivity index (χ2v) is 6.81. The van der Waals surface area contributed by atoms with Gasteiger partial charge in [-0.05, 0) is 37.3 Å². The summed E-state index contributed by atoms with van der Waals surface area (Å²) in [5.74, 6) is 0.0800. The Morgan fingerprint density at radius 1 is 0.742 bits per heavy atom. The van der Waals surface area contributed by atoms with Gasteiger partial charge in [0.1, 0.15) is 17.0 Å². The average Bonchev–Trinajstić information content (AvgIpc) is 3.17. The fraction of sp³-hybridized carbons (Fsp3) is 0.0417. The number of hydrogen-bond acceptors (Lipinski definition) is 4. The molecule has 0 saturated heterocycles. The molecule has 7 heteroatoms. The molecular formula is C24H20N4O3. The zero-order chi connectivity index (χ0) is 21.6. The molecule has 0 aliphatic heterocycles. The maximum Gasteiger partial charge on any atom is 0.323 e. The van der Waals surface area contributed by atoms with Gasteiger partial charge in [0.25, 0.3) is 5.91 Å². The van der Waals surface area contributed by atoms with Gasteiger partial charge in [-0.3, -0.25) is 4.79 Å². The van der Waals surface area contributed by atoms with Crippen molar-refractivity contribution >= 4 is 29.0 Å². The second-order valence-electron chi connectivity index (χ2n) is 6.81. The van der Waals surface area contributed by atoms with Crippen molar-refractivity contribution in [3.8, 4) is 11.3 Å². The SMILES string of the molecule is Cc1onc(-c2ccccc2)c1C(=O)Nc1cccc(NC(=O)Nc2ccccc2)c1. The predicted molar refractivity (Wildman–Crippen MR) is 120 cm³/mol. The molecule has 3 aromatic carbocycles. The van der Waals surface area contributed by atoms with Gasteiger partial charge in [-0.25, -0.2) is 4.79 Å². The molecule has 0 radical (unpaired) electrons. The van der Waals surface area contributed by atoms with E-state index in [1.807, 2.05) is 48.5 Å². The Hall–Kier alpha value is -4.39. The predicted octanol–water partition coefficient (Wildman–Crippen LogP) is 5.55. The monoisotopic (exact) mass is 412 g/mol. The lowest BCUT2D eigenvalue weighted by molar-refractivity contribution is 0.102. The van der Waals surface area contributed by atoms with E-state index in [9.17, 15) is 9.59 Å². The highest BCUT2D eigenvalue weighted by Gasteiger charge is 2.21. The van der Waals surface area contributed by atoms with Gasteiger partial charge in [0.2, 0.25) is 0 Å². The Labute approximate surface area is 179 Å². The number of aromatic nitrogens is 1. The molecular weight excluding hydrogens is 392 g/mol. The summed E-state index contributed by atoms with van der Waals surface area (Å²) in [5, 5.41) is 12.4. The van der Waals surface area contributed by atoms with Crippen molar-refractivity contribution in [1.82, 2.24) is 5.16 Å². The molecule has 0 fully saturated rings. The quantitative estimate of drug-likeness (QED) is 0.401. The van der Waals surface area contributed by atoms with Crippen molar-refractivity contribution in [1.29, 1.82) is 0 Å². The number of anilines is 3. The molecule has 7 nitrogen and oxygen atoms in total. The van der Waals surface area contributed by atoms with Crippen molar-refractivity contribution < 1.29 is 14.1 Å². The molecule has 0 bridgehead atoms. The lowest BCUT2D eigenvalue weighted by Crippen LogP contribution is -2.19. The number of aryl methyl sites for hydroxylation is 1. The zero-order valence-electron chi connectivity index (χ0n) is 16.8. The van der Waals surface area contributed by atoms with E-state index in [2.05, 4.69) is 21.1 Å². The molecule has 0 atom stereocenters. The first-order chi connectivity index (χ1) is 15.1. The van der Waals surface area contributed by atoms with Crippen LogP contribution in [-0.4, -0.2) is 17.1 Å². The van der Waals surface area contributed by atoms with Crippen LogP contribution in [0.4, 0.5) is 21.9 Å². The van der Waals surface area contributed by atoms with Crippen LogP contribution in [0.25, 0.3) is 11.3 Å². The molecule has 0 aliphatic carbocycles. The van der Waals surface area contributed by atoms with E-state index in [4.69, 9.17) is 4.52 Å². The third kappa shape index (κ3) is 4.79. The van der Waals surface area contributed by atoms with Crippen molar-refractivity contribution in [2.24, 2.45) is 0 Å². The van der Waals surface area contributed by atoms with Crippen LogP contribution in [0.1, 0.15) is 16.1 Å². The second kappa shape index (κ2) is 8.96. The summed E-state index contributed by atoms with van der Waals surface area (Å²) in [6.45, 7) is 1.69. The van der Waals surface area contributed by atoms with E-state index in [1.165, 1.54) is 0 Å². The van der Waals surface area contributed by atoms with Crippen LogP contribution in [0.5, 0.6) is 0 Å². The minimum Gasteiger partial charge on any atom is -0.360 e. The van der Waals surface area contributed by atoms with Gasteiger partial charge < -0.3 is 20.5 Å². The van der Waals surface area contributed by atoms with Crippen LogP contribution in [-0.2, 0) is 0 Å². The summed E-state index contributed by atoms with van der Waals surface area (Å²) in [6.07, 6.45) is 0. The highest BCUT2D eigenvalue weighted by atomic mass is 16.5. The summed E-state index contributed by atoms with van der Waals surface area (Å²) in [7, 11) is 0. The van der Waals surface area contributed by atoms with Crippen LogP contribution in [0.3, 0.4) is 0 Å². The minimum absolute atomic E-state index is 0.344. The number of carbonyl (C=O) groups is 2. The van der Waals surface area contributed by atoms with Gasteiger partial charge in [0.15, 0.2) is 0 Å². The first-order valence-corrected chi connectivity index (χ1v) is 9.66. The van der Waals surface area contributed by atoms with Crippen molar-refractivity contribution in [3.05, 3.63) is 96.3 Å².